The molecule has 1 N–H and O–H groups in total. The molecule has 3 rings (SSSR count). The van der Waals surface area contributed by atoms with Crippen LogP contribution in [0.5, 0.6) is 11.5 Å². The van der Waals surface area contributed by atoms with E-state index in [0.717, 1.165) is 0 Å². The lowest BCUT2D eigenvalue weighted by molar-refractivity contribution is -0.142. The minimum Gasteiger partial charge on any atom is -0.496 e. The summed E-state index contributed by atoms with van der Waals surface area (Å²) >= 11 is 0. The smallest absolute Gasteiger partial charge is 0.263 e. The van der Waals surface area contributed by atoms with Gasteiger partial charge in [0.05, 0.1) is 25.9 Å². The molecule has 2 aromatic carbocycles. The minimum atomic E-state index is -0.591. The number of ether oxygens (including phenoxy) is 3. The standard InChI is InChI=1S/C21H24N2O5/c1-15(21(25)23-11-13-27-14-12-23)28-17-9-7-16(8-10-17)22-20(24)18-5-3-4-6-19(18)26-2/h3-10,15H,11-14H2,1-2H3,(H,22,24). The van der Waals surface area contributed by atoms with Gasteiger partial charge in [-0.3, -0.25) is 9.59 Å². The van der Waals surface area contributed by atoms with Gasteiger partial charge >= 0.3 is 0 Å². The number of hydrogen-bond acceptors (Lipinski definition) is 5. The molecule has 0 aliphatic carbocycles. The SMILES string of the molecule is COc1ccccc1C(=O)Nc1ccc(OC(C)C(=O)N2CCOCC2)cc1. The van der Waals surface area contributed by atoms with E-state index in [2.05, 4.69) is 5.32 Å². The summed E-state index contributed by atoms with van der Waals surface area (Å²) in [6, 6.07) is 13.9. The fourth-order valence-electron chi connectivity index (χ4n) is 2.94. The number of hydrogen-bond donors (Lipinski definition) is 1. The van der Waals surface area contributed by atoms with E-state index < -0.39 is 6.10 Å². The molecule has 1 fully saturated rings. The maximum atomic E-state index is 12.4. The molecule has 1 unspecified atom stereocenters. The monoisotopic (exact) mass is 384 g/mol. The minimum absolute atomic E-state index is 0.0585. The molecule has 7 nitrogen and oxygen atoms in total. The van der Waals surface area contributed by atoms with Crippen LogP contribution >= 0.6 is 0 Å². The third-order valence-electron chi connectivity index (χ3n) is 4.45. The average molecular weight is 384 g/mol. The summed E-state index contributed by atoms with van der Waals surface area (Å²) in [6.07, 6.45) is -0.591. The molecule has 1 aliphatic rings. The number of nitrogens with zero attached hydrogens (tertiary/aromatic N) is 1. The van der Waals surface area contributed by atoms with Gasteiger partial charge in [0.15, 0.2) is 6.10 Å². The van der Waals surface area contributed by atoms with Gasteiger partial charge in [-0.2, -0.15) is 0 Å². The van der Waals surface area contributed by atoms with Gasteiger partial charge in [-0.1, -0.05) is 12.1 Å². The highest BCUT2D eigenvalue weighted by molar-refractivity contribution is 6.06. The van der Waals surface area contributed by atoms with E-state index >= 15 is 0 Å². The molecule has 0 bridgehead atoms. The lowest BCUT2D eigenvalue weighted by Gasteiger charge is -2.29. The van der Waals surface area contributed by atoms with Crippen molar-refractivity contribution >= 4 is 17.5 Å². The first-order chi connectivity index (χ1) is 13.6. The maximum Gasteiger partial charge on any atom is 0.263 e. The maximum absolute atomic E-state index is 12.4. The summed E-state index contributed by atoms with van der Waals surface area (Å²) in [7, 11) is 1.53. The van der Waals surface area contributed by atoms with Crippen LogP contribution in [0.3, 0.4) is 0 Å². The number of methoxy groups -OCH3 is 1. The van der Waals surface area contributed by atoms with E-state index in [0.29, 0.717) is 49.1 Å². The number of para-hydroxylation sites is 1. The summed E-state index contributed by atoms with van der Waals surface area (Å²) in [5, 5.41) is 2.82. The molecule has 1 heterocycles. The van der Waals surface area contributed by atoms with E-state index in [1.165, 1.54) is 7.11 Å². The predicted octanol–water partition coefficient (Wildman–Crippen LogP) is 2.57. The van der Waals surface area contributed by atoms with Crippen LogP contribution in [0.4, 0.5) is 5.69 Å². The van der Waals surface area contributed by atoms with Crippen molar-refractivity contribution in [2.24, 2.45) is 0 Å². The zero-order valence-corrected chi connectivity index (χ0v) is 16.0. The Morgan fingerprint density at radius 2 is 1.75 bits per heavy atom. The van der Waals surface area contributed by atoms with E-state index in [1.54, 1.807) is 60.4 Å². The average Bonchev–Trinajstić information content (AvgIpc) is 2.75. The molecular formula is C21H24N2O5. The van der Waals surface area contributed by atoms with Crippen molar-refractivity contribution in [3.63, 3.8) is 0 Å². The molecule has 0 saturated carbocycles. The second-order valence-electron chi connectivity index (χ2n) is 6.38. The van der Waals surface area contributed by atoms with Gasteiger partial charge in [-0.15, -0.1) is 0 Å². The molecule has 1 aliphatic heterocycles. The highest BCUT2D eigenvalue weighted by Gasteiger charge is 2.23. The molecule has 2 aromatic rings. The fraction of sp³-hybridized carbons (Fsp3) is 0.333. The Kier molecular flexibility index (Phi) is 6.49. The second kappa shape index (κ2) is 9.23. The van der Waals surface area contributed by atoms with E-state index in [4.69, 9.17) is 14.2 Å². The molecule has 7 heteroatoms. The summed E-state index contributed by atoms with van der Waals surface area (Å²) in [4.78, 5) is 26.6. The molecule has 1 saturated heterocycles. The van der Waals surface area contributed by atoms with Crippen LogP contribution in [0.15, 0.2) is 48.5 Å². The van der Waals surface area contributed by atoms with Crippen LogP contribution < -0.4 is 14.8 Å². The van der Waals surface area contributed by atoms with Crippen molar-refractivity contribution in [3.8, 4) is 11.5 Å². The van der Waals surface area contributed by atoms with Crippen molar-refractivity contribution in [2.45, 2.75) is 13.0 Å². The van der Waals surface area contributed by atoms with Gasteiger partial charge in [0, 0.05) is 18.8 Å². The number of carbonyl (C=O) groups excluding carboxylic acids is 2. The first-order valence-corrected chi connectivity index (χ1v) is 9.16. The molecule has 148 valence electrons. The Morgan fingerprint density at radius 3 is 2.43 bits per heavy atom. The Morgan fingerprint density at radius 1 is 1.07 bits per heavy atom. The van der Waals surface area contributed by atoms with Gasteiger partial charge in [-0.05, 0) is 43.3 Å². The van der Waals surface area contributed by atoms with Crippen molar-refractivity contribution in [1.29, 1.82) is 0 Å². The normalized spacial score (nSPS) is 14.9. The molecule has 1 atom stereocenters. The zero-order valence-electron chi connectivity index (χ0n) is 16.0. The van der Waals surface area contributed by atoms with Gasteiger partial charge in [0.2, 0.25) is 0 Å². The third kappa shape index (κ3) is 4.80. The Hall–Kier alpha value is -3.06. The summed E-state index contributed by atoms with van der Waals surface area (Å²) < 4.78 is 16.2. The molecule has 2 amide bonds. The quantitative estimate of drug-likeness (QED) is 0.828. The van der Waals surface area contributed by atoms with Crippen molar-refractivity contribution in [3.05, 3.63) is 54.1 Å². The Labute approximate surface area is 164 Å². The third-order valence-corrected chi connectivity index (χ3v) is 4.45. The largest absolute Gasteiger partial charge is 0.496 e. The van der Waals surface area contributed by atoms with Gasteiger partial charge in [0.25, 0.3) is 11.8 Å². The van der Waals surface area contributed by atoms with E-state index in [-0.39, 0.29) is 11.8 Å². The van der Waals surface area contributed by atoms with Crippen molar-refractivity contribution < 1.29 is 23.8 Å². The molecule has 0 aromatic heterocycles. The van der Waals surface area contributed by atoms with Crippen LogP contribution in [-0.4, -0.2) is 56.2 Å². The first-order valence-electron chi connectivity index (χ1n) is 9.16. The summed E-state index contributed by atoms with van der Waals surface area (Å²) in [5.74, 6) is 0.749. The lowest BCUT2D eigenvalue weighted by atomic mass is 10.2. The van der Waals surface area contributed by atoms with Gasteiger partial charge in [0.1, 0.15) is 11.5 Å². The summed E-state index contributed by atoms with van der Waals surface area (Å²) in [5.41, 5.74) is 1.07. The van der Waals surface area contributed by atoms with Crippen LogP contribution in [-0.2, 0) is 9.53 Å². The van der Waals surface area contributed by atoms with Gasteiger partial charge < -0.3 is 24.4 Å². The number of carbonyl (C=O) groups is 2. The van der Waals surface area contributed by atoms with E-state index in [1.807, 2.05) is 0 Å². The Bertz CT molecular complexity index is 816. The second-order valence-corrected chi connectivity index (χ2v) is 6.38. The number of rotatable bonds is 6. The van der Waals surface area contributed by atoms with Crippen molar-refractivity contribution in [2.75, 3.05) is 38.7 Å². The number of benzene rings is 2. The first kappa shape index (κ1) is 19.7. The topological polar surface area (TPSA) is 77.1 Å². The fourth-order valence-corrected chi connectivity index (χ4v) is 2.94. The van der Waals surface area contributed by atoms with Crippen LogP contribution in [0.25, 0.3) is 0 Å². The van der Waals surface area contributed by atoms with Crippen LogP contribution in [0, 0.1) is 0 Å². The number of nitrogens with one attached hydrogen (secondary N) is 1. The highest BCUT2D eigenvalue weighted by atomic mass is 16.5. The molecule has 28 heavy (non-hydrogen) atoms. The summed E-state index contributed by atoms with van der Waals surface area (Å²) in [6.45, 7) is 4.01. The molecule has 0 spiro atoms. The highest BCUT2D eigenvalue weighted by Crippen LogP contribution is 2.21. The van der Waals surface area contributed by atoms with Gasteiger partial charge in [-0.25, -0.2) is 0 Å². The number of anilines is 1. The molecular weight excluding hydrogens is 360 g/mol. The zero-order chi connectivity index (χ0) is 19.9. The predicted molar refractivity (Wildman–Crippen MR) is 105 cm³/mol. The number of amides is 2. The van der Waals surface area contributed by atoms with E-state index in [9.17, 15) is 9.59 Å². The van der Waals surface area contributed by atoms with Crippen LogP contribution in [0.1, 0.15) is 17.3 Å². The lowest BCUT2D eigenvalue weighted by Crippen LogP contribution is -2.46. The van der Waals surface area contributed by atoms with Crippen LogP contribution in [0.2, 0.25) is 0 Å². The molecule has 0 radical (unpaired) electrons. The number of morpholine rings is 1. The van der Waals surface area contributed by atoms with Crippen molar-refractivity contribution in [1.82, 2.24) is 4.90 Å². The Balaban J connectivity index is 1.58.